The van der Waals surface area contributed by atoms with Crippen LogP contribution in [0.2, 0.25) is 0 Å². The van der Waals surface area contributed by atoms with Crippen LogP contribution in [-0.2, 0) is 6.42 Å². The highest BCUT2D eigenvalue weighted by molar-refractivity contribution is 6.02. The van der Waals surface area contributed by atoms with Crippen molar-refractivity contribution in [3.63, 3.8) is 0 Å². The van der Waals surface area contributed by atoms with Gasteiger partial charge in [-0.15, -0.1) is 0 Å². The summed E-state index contributed by atoms with van der Waals surface area (Å²) in [5, 5.41) is 5.85. The molecule has 1 atom stereocenters. The highest BCUT2D eigenvalue weighted by Gasteiger charge is 2.20. The monoisotopic (exact) mass is 450 g/mol. The molecule has 34 heavy (non-hydrogen) atoms. The number of aromatic nitrogens is 2. The number of fused-ring (bicyclic) bond motifs is 1. The van der Waals surface area contributed by atoms with Gasteiger partial charge in [-0.05, 0) is 60.5 Å². The Morgan fingerprint density at radius 1 is 0.853 bits per heavy atom. The first-order valence-corrected chi connectivity index (χ1v) is 10.9. The highest BCUT2D eigenvalue weighted by atomic mass is 16.3. The lowest BCUT2D eigenvalue weighted by Crippen LogP contribution is -2.30. The van der Waals surface area contributed by atoms with E-state index in [4.69, 9.17) is 9.40 Å². The quantitative estimate of drug-likeness (QED) is 0.320. The van der Waals surface area contributed by atoms with Gasteiger partial charge in [0.15, 0.2) is 5.76 Å². The van der Waals surface area contributed by atoms with E-state index >= 15 is 0 Å². The summed E-state index contributed by atoms with van der Waals surface area (Å²) in [6.45, 7) is 0. The number of nitrogens with zero attached hydrogens (tertiary/aromatic N) is 1. The van der Waals surface area contributed by atoms with Gasteiger partial charge in [0.05, 0.1) is 23.3 Å². The van der Waals surface area contributed by atoms with Crippen molar-refractivity contribution in [2.45, 2.75) is 12.5 Å². The molecule has 0 fully saturated rings. The van der Waals surface area contributed by atoms with Gasteiger partial charge in [-0.25, -0.2) is 4.98 Å². The number of para-hydroxylation sites is 2. The van der Waals surface area contributed by atoms with Crippen LogP contribution < -0.4 is 10.6 Å². The summed E-state index contributed by atoms with van der Waals surface area (Å²) in [7, 11) is 0. The first-order valence-electron chi connectivity index (χ1n) is 10.9. The topological polar surface area (TPSA) is 100 Å². The van der Waals surface area contributed by atoms with Crippen molar-refractivity contribution in [3.8, 4) is 0 Å². The van der Waals surface area contributed by atoms with Gasteiger partial charge >= 0.3 is 0 Å². The lowest BCUT2D eigenvalue weighted by atomic mass is 10.0. The normalized spacial score (nSPS) is 11.8. The van der Waals surface area contributed by atoms with E-state index in [1.54, 1.807) is 36.4 Å². The maximum atomic E-state index is 13.1. The number of rotatable bonds is 7. The maximum absolute atomic E-state index is 13.1. The van der Waals surface area contributed by atoms with Gasteiger partial charge in [-0.2, -0.15) is 0 Å². The Hall–Kier alpha value is -4.65. The highest BCUT2D eigenvalue weighted by Crippen LogP contribution is 2.21. The summed E-state index contributed by atoms with van der Waals surface area (Å²) >= 11 is 0. The first-order chi connectivity index (χ1) is 16.7. The molecule has 0 aliphatic carbocycles. The number of aromatic amines is 1. The van der Waals surface area contributed by atoms with Crippen LogP contribution in [0.3, 0.4) is 0 Å². The second-order valence-electron chi connectivity index (χ2n) is 7.86. The van der Waals surface area contributed by atoms with Gasteiger partial charge in [0.25, 0.3) is 11.8 Å². The minimum absolute atomic E-state index is 0.219. The first kappa shape index (κ1) is 21.2. The minimum Gasteiger partial charge on any atom is -0.459 e. The molecule has 0 aliphatic heterocycles. The fourth-order valence-electron chi connectivity index (χ4n) is 3.75. The number of amides is 2. The van der Waals surface area contributed by atoms with Gasteiger partial charge in [0.2, 0.25) is 0 Å². The summed E-state index contributed by atoms with van der Waals surface area (Å²) in [4.78, 5) is 33.3. The predicted molar refractivity (Wildman–Crippen MR) is 130 cm³/mol. The van der Waals surface area contributed by atoms with Gasteiger partial charge < -0.3 is 20.0 Å². The van der Waals surface area contributed by atoms with Crippen molar-refractivity contribution in [2.75, 3.05) is 5.32 Å². The fraction of sp³-hybridized carbons (Fsp3) is 0.0741. The third kappa shape index (κ3) is 4.73. The van der Waals surface area contributed by atoms with Crippen LogP contribution in [0.15, 0.2) is 102 Å². The van der Waals surface area contributed by atoms with Crippen LogP contribution >= 0.6 is 0 Å². The molecule has 0 saturated heterocycles. The SMILES string of the molecule is O=C(N[C@@H](Cc1ccccc1)c1nc2ccccc2[nH]1)c1ccc(NC(=O)c2ccco2)cc1. The number of carbonyl (C=O) groups excluding carboxylic acids is 2. The van der Waals surface area contributed by atoms with Gasteiger partial charge in [-0.1, -0.05) is 42.5 Å². The number of hydrogen-bond acceptors (Lipinski definition) is 4. The summed E-state index contributed by atoms with van der Waals surface area (Å²) in [5.74, 6) is 0.331. The molecule has 3 aromatic carbocycles. The lowest BCUT2D eigenvalue weighted by molar-refractivity contribution is 0.0934. The van der Waals surface area contributed by atoms with Crippen LogP contribution in [0.1, 0.15) is 38.3 Å². The Kier molecular flexibility index (Phi) is 5.90. The summed E-state index contributed by atoms with van der Waals surface area (Å²) in [5.41, 5.74) is 3.90. The molecule has 7 nitrogen and oxygen atoms in total. The molecular weight excluding hydrogens is 428 g/mol. The number of anilines is 1. The number of H-pyrrole nitrogens is 1. The molecule has 5 aromatic rings. The van der Waals surface area contributed by atoms with E-state index in [1.165, 1.54) is 6.26 Å². The standard InChI is InChI=1S/C27H22N4O3/c32-26(19-12-14-20(15-13-19)28-27(33)24-11-6-16-34-24)31-23(17-18-7-2-1-3-8-18)25-29-21-9-4-5-10-22(21)30-25/h1-16,23H,17H2,(H,28,33)(H,29,30)(H,31,32)/t23-/m0/s1. The largest absolute Gasteiger partial charge is 0.459 e. The molecule has 0 radical (unpaired) electrons. The Bertz CT molecular complexity index is 1370. The zero-order chi connectivity index (χ0) is 23.3. The molecular formula is C27H22N4O3. The van der Waals surface area contributed by atoms with Crippen molar-refractivity contribution < 1.29 is 14.0 Å². The van der Waals surface area contributed by atoms with Crippen molar-refractivity contribution in [2.24, 2.45) is 0 Å². The van der Waals surface area contributed by atoms with Crippen LogP contribution in [0.4, 0.5) is 5.69 Å². The van der Waals surface area contributed by atoms with E-state index in [2.05, 4.69) is 15.6 Å². The van der Waals surface area contributed by atoms with Crippen LogP contribution in [-0.4, -0.2) is 21.8 Å². The molecule has 5 rings (SSSR count). The zero-order valence-corrected chi connectivity index (χ0v) is 18.2. The number of imidazole rings is 1. The number of carbonyl (C=O) groups is 2. The molecule has 0 bridgehead atoms. The number of furan rings is 1. The van der Waals surface area contributed by atoms with E-state index in [-0.39, 0.29) is 23.6 Å². The van der Waals surface area contributed by atoms with E-state index in [9.17, 15) is 9.59 Å². The smallest absolute Gasteiger partial charge is 0.291 e. The third-order valence-electron chi connectivity index (χ3n) is 5.48. The Balaban J connectivity index is 1.34. The minimum atomic E-state index is -0.352. The van der Waals surface area contributed by atoms with Crippen LogP contribution in [0.5, 0.6) is 0 Å². The Morgan fingerprint density at radius 3 is 2.35 bits per heavy atom. The summed E-state index contributed by atoms with van der Waals surface area (Å²) in [6.07, 6.45) is 2.03. The molecule has 3 N–H and O–H groups in total. The lowest BCUT2D eigenvalue weighted by Gasteiger charge is -2.17. The second-order valence-corrected chi connectivity index (χ2v) is 7.86. The van der Waals surface area contributed by atoms with Crippen molar-refractivity contribution in [1.82, 2.24) is 15.3 Å². The molecule has 0 spiro atoms. The zero-order valence-electron chi connectivity index (χ0n) is 18.2. The van der Waals surface area contributed by atoms with E-state index in [1.807, 2.05) is 54.6 Å². The summed E-state index contributed by atoms with van der Waals surface area (Å²) in [6, 6.07) is 27.3. The average molecular weight is 450 g/mol. The van der Waals surface area contributed by atoms with Crippen molar-refractivity contribution in [1.29, 1.82) is 0 Å². The second kappa shape index (κ2) is 9.46. The van der Waals surface area contributed by atoms with Gasteiger partial charge in [0, 0.05) is 11.3 Å². The molecule has 2 heterocycles. The molecule has 0 unspecified atom stereocenters. The third-order valence-corrected chi connectivity index (χ3v) is 5.48. The van der Waals surface area contributed by atoms with Crippen LogP contribution in [0.25, 0.3) is 11.0 Å². The molecule has 2 aromatic heterocycles. The average Bonchev–Trinajstić information content (AvgIpc) is 3.55. The number of nitrogens with one attached hydrogen (secondary N) is 3. The molecule has 2 amide bonds. The van der Waals surface area contributed by atoms with Crippen molar-refractivity contribution >= 4 is 28.5 Å². The maximum Gasteiger partial charge on any atom is 0.291 e. The van der Waals surface area contributed by atoms with E-state index in [0.717, 1.165) is 16.6 Å². The van der Waals surface area contributed by atoms with Crippen molar-refractivity contribution in [3.05, 3.63) is 120 Å². The number of benzene rings is 3. The van der Waals surface area contributed by atoms with E-state index in [0.29, 0.717) is 23.5 Å². The van der Waals surface area contributed by atoms with Gasteiger partial charge in [-0.3, -0.25) is 9.59 Å². The molecule has 0 saturated carbocycles. The fourth-order valence-corrected chi connectivity index (χ4v) is 3.75. The molecule has 168 valence electrons. The Morgan fingerprint density at radius 2 is 1.62 bits per heavy atom. The predicted octanol–water partition coefficient (Wildman–Crippen LogP) is 5.12. The molecule has 0 aliphatic rings. The van der Waals surface area contributed by atoms with Crippen LogP contribution in [0, 0.1) is 0 Å². The van der Waals surface area contributed by atoms with E-state index < -0.39 is 0 Å². The summed E-state index contributed by atoms with van der Waals surface area (Å²) < 4.78 is 5.10. The molecule has 7 heteroatoms. The number of hydrogen-bond donors (Lipinski definition) is 3. The van der Waals surface area contributed by atoms with Gasteiger partial charge in [0.1, 0.15) is 5.82 Å². The Labute approximate surface area is 195 Å².